The molecule has 3 aromatic rings. The highest BCUT2D eigenvalue weighted by Gasteiger charge is 2.41. The second-order valence-electron chi connectivity index (χ2n) is 11.6. The maximum atomic E-state index is 13.8. The second-order valence-corrected chi connectivity index (χ2v) is 11.6. The summed E-state index contributed by atoms with van der Waals surface area (Å²) in [6.45, 7) is 4.93. The number of nitrogens with one attached hydrogen (secondary N) is 4. The highest BCUT2D eigenvalue weighted by molar-refractivity contribution is 6.01. The molecule has 1 saturated carbocycles. The Morgan fingerprint density at radius 1 is 1.00 bits per heavy atom. The van der Waals surface area contributed by atoms with Crippen molar-refractivity contribution >= 4 is 34.7 Å². The second kappa shape index (κ2) is 12.4. The number of H-pyrrole nitrogens is 1. The van der Waals surface area contributed by atoms with Gasteiger partial charge in [0.25, 0.3) is 5.91 Å². The Kier molecular flexibility index (Phi) is 9.26. The maximum Gasteiger partial charge on any atom is 0.418 e. The van der Waals surface area contributed by atoms with E-state index in [0.717, 1.165) is 6.07 Å². The SMILES string of the molecule is COc1cc2nc(Nc3cc(CNC(=O)OC(C)(C)C)ccc3C(F)(F)F)[nH]c2cc1C(=O)NC1CCC(C(F)(F)F)CC1. The van der Waals surface area contributed by atoms with Gasteiger partial charge in [0.05, 0.1) is 40.9 Å². The fraction of sp³-hybridized carbons (Fsp3) is 0.483. The van der Waals surface area contributed by atoms with Gasteiger partial charge in [-0.1, -0.05) is 6.07 Å². The lowest BCUT2D eigenvalue weighted by atomic mass is 9.85. The van der Waals surface area contributed by atoms with Crippen LogP contribution in [0.5, 0.6) is 5.75 Å². The van der Waals surface area contributed by atoms with E-state index in [0.29, 0.717) is 11.1 Å². The molecule has 2 aromatic carbocycles. The van der Waals surface area contributed by atoms with Crippen molar-refractivity contribution in [1.29, 1.82) is 0 Å². The van der Waals surface area contributed by atoms with Crippen LogP contribution in [0.15, 0.2) is 30.3 Å². The van der Waals surface area contributed by atoms with Crippen LogP contribution in [0.2, 0.25) is 0 Å². The molecule has 0 saturated heterocycles. The lowest BCUT2D eigenvalue weighted by molar-refractivity contribution is -0.182. The highest BCUT2D eigenvalue weighted by Crippen LogP contribution is 2.39. The number of hydrogen-bond donors (Lipinski definition) is 4. The highest BCUT2D eigenvalue weighted by atomic mass is 19.4. The molecule has 0 bridgehead atoms. The van der Waals surface area contributed by atoms with Gasteiger partial charge in [-0.2, -0.15) is 26.3 Å². The Morgan fingerprint density at radius 3 is 2.27 bits per heavy atom. The van der Waals surface area contributed by atoms with Gasteiger partial charge in [-0.15, -0.1) is 0 Å². The standard InChI is InChI=1S/C29H33F6N5O4/c1-27(2,3)44-26(42)36-14-15-5-10-19(29(33,34)35)20(11-15)38-25-39-21-12-18(23(43-4)13-22(21)40-25)24(41)37-17-8-6-16(7-9-17)28(30,31)32/h5,10-13,16-17H,6-9,14H2,1-4H3,(H,36,42)(H,37,41)(H2,38,39,40). The molecule has 4 rings (SSSR count). The predicted octanol–water partition coefficient (Wildman–Crippen LogP) is 7.21. The van der Waals surface area contributed by atoms with Gasteiger partial charge in [0, 0.05) is 18.7 Å². The van der Waals surface area contributed by atoms with Crippen LogP contribution in [-0.2, 0) is 17.5 Å². The van der Waals surface area contributed by atoms with Gasteiger partial charge >= 0.3 is 18.4 Å². The topological polar surface area (TPSA) is 117 Å². The number of methoxy groups -OCH3 is 1. The van der Waals surface area contributed by atoms with Crippen molar-refractivity contribution in [3.8, 4) is 5.75 Å². The number of alkyl halides is 6. The van der Waals surface area contributed by atoms with E-state index in [1.54, 1.807) is 20.8 Å². The smallest absolute Gasteiger partial charge is 0.418 e. The summed E-state index contributed by atoms with van der Waals surface area (Å²) in [5.41, 5.74) is -1.04. The van der Waals surface area contributed by atoms with E-state index >= 15 is 0 Å². The van der Waals surface area contributed by atoms with E-state index in [2.05, 4.69) is 25.9 Å². The van der Waals surface area contributed by atoms with Crippen molar-refractivity contribution in [1.82, 2.24) is 20.6 Å². The third-order valence-corrected chi connectivity index (χ3v) is 7.05. The molecule has 0 unspecified atom stereocenters. The van der Waals surface area contributed by atoms with E-state index in [9.17, 15) is 35.9 Å². The number of rotatable bonds is 7. The third-order valence-electron chi connectivity index (χ3n) is 7.05. The molecule has 9 nitrogen and oxygen atoms in total. The number of carbonyl (C=O) groups excluding carboxylic acids is 2. The van der Waals surface area contributed by atoms with E-state index in [4.69, 9.17) is 9.47 Å². The average molecular weight is 630 g/mol. The van der Waals surface area contributed by atoms with Crippen molar-refractivity contribution in [3.63, 3.8) is 0 Å². The summed E-state index contributed by atoms with van der Waals surface area (Å²) >= 11 is 0. The molecule has 0 radical (unpaired) electrons. The summed E-state index contributed by atoms with van der Waals surface area (Å²) in [4.78, 5) is 32.2. The molecule has 1 heterocycles. The number of halogens is 6. The zero-order chi connectivity index (χ0) is 32.4. The van der Waals surface area contributed by atoms with Crippen molar-refractivity contribution in [2.75, 3.05) is 12.4 Å². The quantitative estimate of drug-likeness (QED) is 0.205. The molecule has 15 heteroatoms. The Balaban J connectivity index is 1.53. The van der Waals surface area contributed by atoms with Crippen molar-refractivity contribution in [2.45, 2.75) is 77.0 Å². The van der Waals surface area contributed by atoms with E-state index in [1.165, 1.54) is 31.4 Å². The van der Waals surface area contributed by atoms with E-state index in [1.807, 2.05) is 0 Å². The molecular weight excluding hydrogens is 596 g/mol. The van der Waals surface area contributed by atoms with Crippen LogP contribution in [-0.4, -0.2) is 46.9 Å². The fourth-order valence-electron chi connectivity index (χ4n) is 4.94. The summed E-state index contributed by atoms with van der Waals surface area (Å²) in [7, 11) is 1.32. The first-order valence-electron chi connectivity index (χ1n) is 13.8. The molecule has 1 aliphatic rings. The molecule has 0 spiro atoms. The Bertz CT molecular complexity index is 1500. The maximum absolute atomic E-state index is 13.8. The first-order valence-corrected chi connectivity index (χ1v) is 13.8. The molecule has 240 valence electrons. The molecule has 1 aromatic heterocycles. The largest absolute Gasteiger partial charge is 0.496 e. The first-order chi connectivity index (χ1) is 20.4. The van der Waals surface area contributed by atoms with Gasteiger partial charge in [-0.05, 0) is 70.2 Å². The number of alkyl carbamates (subject to hydrolysis) is 1. The molecule has 0 aliphatic heterocycles. The lowest BCUT2D eigenvalue weighted by Gasteiger charge is -2.30. The normalized spacial score (nSPS) is 17.7. The Hall–Kier alpha value is -4.17. The van der Waals surface area contributed by atoms with Crippen LogP contribution in [0.4, 0.5) is 42.8 Å². The molecule has 44 heavy (non-hydrogen) atoms. The zero-order valence-electron chi connectivity index (χ0n) is 24.4. The molecule has 1 aliphatic carbocycles. The number of imidazole rings is 1. The number of ether oxygens (including phenoxy) is 2. The fourth-order valence-corrected chi connectivity index (χ4v) is 4.94. The average Bonchev–Trinajstić information content (AvgIpc) is 3.30. The van der Waals surface area contributed by atoms with Crippen LogP contribution in [0.25, 0.3) is 11.0 Å². The summed E-state index contributed by atoms with van der Waals surface area (Å²) in [5, 5.41) is 7.89. The number of benzene rings is 2. The van der Waals surface area contributed by atoms with Gasteiger partial charge < -0.3 is 30.4 Å². The predicted molar refractivity (Wildman–Crippen MR) is 150 cm³/mol. The Labute approximate surface area is 249 Å². The minimum absolute atomic E-state index is 0.0622. The minimum Gasteiger partial charge on any atom is -0.496 e. The zero-order valence-corrected chi connectivity index (χ0v) is 24.4. The van der Waals surface area contributed by atoms with Gasteiger partial charge in [-0.25, -0.2) is 9.78 Å². The first kappa shape index (κ1) is 32.7. The third kappa shape index (κ3) is 8.26. The van der Waals surface area contributed by atoms with Crippen LogP contribution < -0.4 is 20.7 Å². The number of nitrogens with zero attached hydrogens (tertiary/aromatic N) is 1. The van der Waals surface area contributed by atoms with Crippen molar-refractivity contribution < 1.29 is 45.4 Å². The van der Waals surface area contributed by atoms with Gasteiger partial charge in [0.2, 0.25) is 5.95 Å². The molecular formula is C29H33F6N5O4. The van der Waals surface area contributed by atoms with Gasteiger partial charge in [0.15, 0.2) is 0 Å². The number of anilines is 2. The molecule has 4 N–H and O–H groups in total. The van der Waals surface area contributed by atoms with Gasteiger partial charge in [-0.3, -0.25) is 4.79 Å². The van der Waals surface area contributed by atoms with E-state index in [-0.39, 0.29) is 60.7 Å². The summed E-state index contributed by atoms with van der Waals surface area (Å²) in [6, 6.07) is 5.73. The van der Waals surface area contributed by atoms with Crippen LogP contribution in [0, 0.1) is 5.92 Å². The number of fused-ring (bicyclic) bond motifs is 1. The molecule has 0 atom stereocenters. The number of carbonyl (C=O) groups is 2. The van der Waals surface area contributed by atoms with Crippen LogP contribution in [0.1, 0.15) is 67.9 Å². The van der Waals surface area contributed by atoms with Crippen LogP contribution in [0.3, 0.4) is 0 Å². The monoisotopic (exact) mass is 629 g/mol. The number of aromatic nitrogens is 2. The lowest BCUT2D eigenvalue weighted by Crippen LogP contribution is -2.40. The minimum atomic E-state index is -4.71. The summed E-state index contributed by atoms with van der Waals surface area (Å²) in [5.74, 6) is -1.89. The number of aromatic amines is 1. The van der Waals surface area contributed by atoms with Crippen LogP contribution >= 0.6 is 0 Å². The number of amides is 2. The molecule has 2 amide bonds. The van der Waals surface area contributed by atoms with Crippen molar-refractivity contribution in [2.24, 2.45) is 5.92 Å². The van der Waals surface area contributed by atoms with Gasteiger partial charge in [0.1, 0.15) is 11.4 Å². The molecule has 1 fully saturated rings. The summed E-state index contributed by atoms with van der Waals surface area (Å²) < 4.78 is 91.0. The van der Waals surface area contributed by atoms with Crippen molar-refractivity contribution in [3.05, 3.63) is 47.0 Å². The summed E-state index contributed by atoms with van der Waals surface area (Å²) in [6.07, 6.45) is -9.53. The Morgan fingerprint density at radius 2 is 1.68 bits per heavy atom. The number of hydrogen-bond acceptors (Lipinski definition) is 6. The van der Waals surface area contributed by atoms with E-state index < -0.39 is 47.5 Å².